The van der Waals surface area contributed by atoms with Crippen LogP contribution in [0.1, 0.15) is 19.4 Å². The summed E-state index contributed by atoms with van der Waals surface area (Å²) in [5.41, 5.74) is 1.53. The van der Waals surface area contributed by atoms with Gasteiger partial charge in [-0.05, 0) is 6.07 Å². The fourth-order valence-electron chi connectivity index (χ4n) is 2.03. The number of rotatable bonds is 5. The van der Waals surface area contributed by atoms with Crippen molar-refractivity contribution in [3.8, 4) is 11.3 Å². The van der Waals surface area contributed by atoms with Gasteiger partial charge in [0.15, 0.2) is 0 Å². The van der Waals surface area contributed by atoms with Gasteiger partial charge in [-0.2, -0.15) is 5.10 Å². The SMILES string of the molecule is CC(C)NCc1cc(-c2cccc([N+](=O)[O-])c2)nn(C)c1=O. The molecule has 0 aliphatic rings. The standard InChI is InChI=1S/C15H18N4O3/c1-10(2)16-9-12-8-14(17-18(3)15(12)20)11-5-4-6-13(7-11)19(21)22/h4-8,10,16H,9H2,1-3H3. The smallest absolute Gasteiger partial charge is 0.271 e. The number of benzene rings is 1. The molecule has 0 unspecified atom stereocenters. The zero-order valence-electron chi connectivity index (χ0n) is 12.7. The Kier molecular flexibility index (Phi) is 4.67. The highest BCUT2D eigenvalue weighted by molar-refractivity contribution is 5.62. The fourth-order valence-corrected chi connectivity index (χ4v) is 2.03. The van der Waals surface area contributed by atoms with Gasteiger partial charge in [-0.15, -0.1) is 0 Å². The van der Waals surface area contributed by atoms with Crippen LogP contribution in [0.2, 0.25) is 0 Å². The van der Waals surface area contributed by atoms with Crippen molar-refractivity contribution in [1.29, 1.82) is 0 Å². The molecule has 0 amide bonds. The molecule has 2 aromatic rings. The van der Waals surface area contributed by atoms with Crippen LogP contribution in [0.4, 0.5) is 5.69 Å². The van der Waals surface area contributed by atoms with Gasteiger partial charge in [-0.3, -0.25) is 14.9 Å². The number of aromatic nitrogens is 2. The normalized spacial score (nSPS) is 10.9. The van der Waals surface area contributed by atoms with E-state index in [1.807, 2.05) is 13.8 Å². The highest BCUT2D eigenvalue weighted by Gasteiger charge is 2.11. The van der Waals surface area contributed by atoms with E-state index in [9.17, 15) is 14.9 Å². The van der Waals surface area contributed by atoms with Crippen molar-refractivity contribution in [3.05, 3.63) is 56.4 Å². The first kappa shape index (κ1) is 15.8. The minimum atomic E-state index is -0.452. The van der Waals surface area contributed by atoms with Crippen LogP contribution < -0.4 is 10.9 Å². The lowest BCUT2D eigenvalue weighted by Crippen LogP contribution is -2.30. The minimum Gasteiger partial charge on any atom is -0.310 e. The van der Waals surface area contributed by atoms with E-state index >= 15 is 0 Å². The molecular formula is C15H18N4O3. The number of nitrogens with one attached hydrogen (secondary N) is 1. The number of nitro benzene ring substituents is 1. The molecule has 7 heteroatoms. The first-order chi connectivity index (χ1) is 10.4. The summed E-state index contributed by atoms with van der Waals surface area (Å²) in [6.07, 6.45) is 0. The van der Waals surface area contributed by atoms with Crippen molar-refractivity contribution in [2.24, 2.45) is 7.05 Å². The molecule has 0 saturated carbocycles. The molecule has 0 aliphatic carbocycles. The molecule has 1 aromatic heterocycles. The van der Waals surface area contributed by atoms with Crippen LogP contribution >= 0.6 is 0 Å². The van der Waals surface area contributed by atoms with Gasteiger partial charge in [0.1, 0.15) is 0 Å². The van der Waals surface area contributed by atoms with Crippen molar-refractivity contribution in [3.63, 3.8) is 0 Å². The van der Waals surface area contributed by atoms with Gasteiger partial charge in [0.25, 0.3) is 11.2 Å². The Labute approximate surface area is 127 Å². The van der Waals surface area contributed by atoms with Crippen LogP contribution in [0.25, 0.3) is 11.3 Å². The Morgan fingerprint density at radius 1 is 1.36 bits per heavy atom. The lowest BCUT2D eigenvalue weighted by atomic mass is 10.1. The molecule has 2 rings (SSSR count). The quantitative estimate of drug-likeness (QED) is 0.672. The molecular weight excluding hydrogens is 284 g/mol. The van der Waals surface area contributed by atoms with Gasteiger partial charge in [-0.1, -0.05) is 26.0 Å². The average Bonchev–Trinajstić information content (AvgIpc) is 2.48. The monoisotopic (exact) mass is 302 g/mol. The Balaban J connectivity index is 2.45. The number of nitro groups is 1. The molecule has 1 N–H and O–H groups in total. The Morgan fingerprint density at radius 3 is 2.73 bits per heavy atom. The second kappa shape index (κ2) is 6.48. The maximum Gasteiger partial charge on any atom is 0.271 e. The number of hydrogen-bond acceptors (Lipinski definition) is 5. The third-order valence-corrected chi connectivity index (χ3v) is 3.19. The molecule has 22 heavy (non-hydrogen) atoms. The van der Waals surface area contributed by atoms with Crippen LogP contribution in [0.5, 0.6) is 0 Å². The van der Waals surface area contributed by atoms with Gasteiger partial charge < -0.3 is 5.32 Å². The predicted octanol–water partition coefficient (Wildman–Crippen LogP) is 1.85. The molecule has 7 nitrogen and oxygen atoms in total. The lowest BCUT2D eigenvalue weighted by molar-refractivity contribution is -0.384. The van der Waals surface area contributed by atoms with E-state index in [0.717, 1.165) is 0 Å². The topological polar surface area (TPSA) is 90.1 Å². The van der Waals surface area contributed by atoms with Crippen molar-refractivity contribution in [2.45, 2.75) is 26.4 Å². The molecule has 1 heterocycles. The van der Waals surface area contributed by atoms with Crippen LogP contribution in [-0.2, 0) is 13.6 Å². The maximum absolute atomic E-state index is 12.1. The van der Waals surface area contributed by atoms with Crippen LogP contribution in [-0.4, -0.2) is 20.7 Å². The predicted molar refractivity (Wildman–Crippen MR) is 83.5 cm³/mol. The van der Waals surface area contributed by atoms with E-state index in [-0.39, 0.29) is 17.3 Å². The Hall–Kier alpha value is -2.54. The molecule has 0 spiro atoms. The summed E-state index contributed by atoms with van der Waals surface area (Å²) in [7, 11) is 1.57. The summed E-state index contributed by atoms with van der Waals surface area (Å²) in [5, 5.41) is 18.2. The number of nitrogens with zero attached hydrogens (tertiary/aromatic N) is 3. The van der Waals surface area contributed by atoms with Gasteiger partial charge in [0.05, 0.1) is 10.6 Å². The Bertz CT molecular complexity index is 753. The zero-order chi connectivity index (χ0) is 16.3. The summed E-state index contributed by atoms with van der Waals surface area (Å²) >= 11 is 0. The van der Waals surface area contributed by atoms with Crippen LogP contribution in [0.15, 0.2) is 35.1 Å². The van der Waals surface area contributed by atoms with E-state index in [1.165, 1.54) is 16.8 Å². The second-order valence-corrected chi connectivity index (χ2v) is 5.33. The van der Waals surface area contributed by atoms with E-state index in [1.54, 1.807) is 25.2 Å². The largest absolute Gasteiger partial charge is 0.310 e. The molecule has 1 aromatic carbocycles. The van der Waals surface area contributed by atoms with Crippen LogP contribution in [0, 0.1) is 10.1 Å². The third kappa shape index (κ3) is 3.56. The molecule has 0 bridgehead atoms. The summed E-state index contributed by atoms with van der Waals surface area (Å²) in [6.45, 7) is 4.41. The van der Waals surface area contributed by atoms with Crippen LogP contribution in [0.3, 0.4) is 0 Å². The number of aryl methyl sites for hydroxylation is 1. The highest BCUT2D eigenvalue weighted by atomic mass is 16.6. The molecule has 0 radical (unpaired) electrons. The second-order valence-electron chi connectivity index (χ2n) is 5.33. The van der Waals surface area contributed by atoms with Gasteiger partial charge in [0, 0.05) is 42.9 Å². The first-order valence-corrected chi connectivity index (χ1v) is 6.94. The molecule has 116 valence electrons. The van der Waals surface area contributed by atoms with E-state index in [2.05, 4.69) is 10.4 Å². The van der Waals surface area contributed by atoms with Crippen molar-refractivity contribution in [1.82, 2.24) is 15.1 Å². The molecule has 0 fully saturated rings. The summed E-state index contributed by atoms with van der Waals surface area (Å²) in [6, 6.07) is 8.14. The average molecular weight is 302 g/mol. The highest BCUT2D eigenvalue weighted by Crippen LogP contribution is 2.21. The third-order valence-electron chi connectivity index (χ3n) is 3.19. The maximum atomic E-state index is 12.1. The molecule has 0 aliphatic heterocycles. The fraction of sp³-hybridized carbons (Fsp3) is 0.333. The van der Waals surface area contributed by atoms with Crippen molar-refractivity contribution >= 4 is 5.69 Å². The number of hydrogen-bond donors (Lipinski definition) is 1. The van der Waals surface area contributed by atoms with Gasteiger partial charge in [-0.25, -0.2) is 4.68 Å². The summed E-state index contributed by atoms with van der Waals surface area (Å²) in [4.78, 5) is 22.5. The van der Waals surface area contributed by atoms with Gasteiger partial charge >= 0.3 is 0 Å². The summed E-state index contributed by atoms with van der Waals surface area (Å²) in [5.74, 6) is 0. The first-order valence-electron chi connectivity index (χ1n) is 6.94. The minimum absolute atomic E-state index is 0.00462. The Morgan fingerprint density at radius 2 is 2.09 bits per heavy atom. The van der Waals surface area contributed by atoms with E-state index < -0.39 is 4.92 Å². The van der Waals surface area contributed by atoms with Crippen molar-refractivity contribution in [2.75, 3.05) is 0 Å². The van der Waals surface area contributed by atoms with E-state index in [4.69, 9.17) is 0 Å². The zero-order valence-corrected chi connectivity index (χ0v) is 12.7. The number of non-ortho nitro benzene ring substituents is 1. The summed E-state index contributed by atoms with van der Waals surface area (Å²) < 4.78 is 1.26. The van der Waals surface area contributed by atoms with Crippen molar-refractivity contribution < 1.29 is 4.92 Å². The lowest BCUT2D eigenvalue weighted by Gasteiger charge is -2.10. The van der Waals surface area contributed by atoms with Gasteiger partial charge in [0.2, 0.25) is 0 Å². The molecule has 0 saturated heterocycles. The molecule has 0 atom stereocenters. The van der Waals surface area contributed by atoms with E-state index in [0.29, 0.717) is 23.4 Å².